The van der Waals surface area contributed by atoms with Gasteiger partial charge in [-0.3, -0.25) is 14.6 Å². The summed E-state index contributed by atoms with van der Waals surface area (Å²) in [5, 5.41) is 13.8. The number of aliphatic hydroxyl groups excluding tert-OH is 1. The molecule has 6 nitrogen and oxygen atoms in total. The van der Waals surface area contributed by atoms with Gasteiger partial charge in [0.25, 0.3) is 0 Å². The number of aliphatic hydroxyl groups is 1. The van der Waals surface area contributed by atoms with Gasteiger partial charge in [-0.25, -0.2) is 0 Å². The Labute approximate surface area is 149 Å². The Morgan fingerprint density at radius 1 is 1.36 bits per heavy atom. The monoisotopic (exact) mass is 344 g/mol. The highest BCUT2D eigenvalue weighted by molar-refractivity contribution is 5.24. The fourth-order valence-corrected chi connectivity index (χ4v) is 3.51. The number of nitrogens with zero attached hydrogens (tertiary/aromatic N) is 4. The smallest absolute Gasteiger partial charge is 0.0703 e. The van der Waals surface area contributed by atoms with Crippen LogP contribution in [-0.4, -0.2) is 50.6 Å². The molecule has 1 unspecified atom stereocenters. The van der Waals surface area contributed by atoms with Crippen molar-refractivity contribution in [3.63, 3.8) is 0 Å². The molecule has 0 saturated carbocycles. The minimum absolute atomic E-state index is 0.108. The molecule has 25 heavy (non-hydrogen) atoms. The van der Waals surface area contributed by atoms with Crippen LogP contribution in [0.4, 0.5) is 0 Å². The quantitative estimate of drug-likeness (QED) is 0.794. The molecule has 0 aliphatic carbocycles. The van der Waals surface area contributed by atoms with Crippen molar-refractivity contribution in [1.29, 1.82) is 0 Å². The van der Waals surface area contributed by atoms with Gasteiger partial charge in [0.2, 0.25) is 0 Å². The van der Waals surface area contributed by atoms with E-state index in [1.807, 2.05) is 23.9 Å². The predicted octanol–water partition coefficient (Wildman–Crippen LogP) is 2.07. The number of hydrogen-bond acceptors (Lipinski definition) is 5. The molecule has 136 valence electrons. The van der Waals surface area contributed by atoms with Crippen LogP contribution in [0.5, 0.6) is 0 Å². The summed E-state index contributed by atoms with van der Waals surface area (Å²) < 4.78 is 7.75. The summed E-state index contributed by atoms with van der Waals surface area (Å²) in [6.45, 7) is 8.24. The first-order valence-corrected chi connectivity index (χ1v) is 9.04. The molecule has 1 saturated heterocycles. The zero-order chi connectivity index (χ0) is 17.6. The summed E-state index contributed by atoms with van der Waals surface area (Å²) >= 11 is 0. The molecule has 0 spiro atoms. The number of aryl methyl sites for hydroxylation is 1. The van der Waals surface area contributed by atoms with E-state index in [-0.39, 0.29) is 6.61 Å². The van der Waals surface area contributed by atoms with Crippen molar-refractivity contribution in [2.45, 2.75) is 52.4 Å². The van der Waals surface area contributed by atoms with Gasteiger partial charge in [-0.15, -0.1) is 0 Å². The highest BCUT2D eigenvalue weighted by Gasteiger charge is 2.22. The first-order valence-electron chi connectivity index (χ1n) is 9.04. The maximum absolute atomic E-state index is 9.22. The van der Waals surface area contributed by atoms with Gasteiger partial charge in [-0.05, 0) is 38.3 Å². The second-order valence-electron chi connectivity index (χ2n) is 6.76. The molecule has 6 heteroatoms. The highest BCUT2D eigenvalue weighted by atomic mass is 16.5. The first-order chi connectivity index (χ1) is 12.2. The Kier molecular flexibility index (Phi) is 6.18. The summed E-state index contributed by atoms with van der Waals surface area (Å²) in [5.41, 5.74) is 4.62. The van der Waals surface area contributed by atoms with E-state index in [1.165, 1.54) is 11.1 Å². The average Bonchev–Trinajstić information content (AvgIpc) is 3.20. The van der Waals surface area contributed by atoms with Crippen molar-refractivity contribution in [3.8, 4) is 0 Å². The molecule has 0 aromatic carbocycles. The second kappa shape index (κ2) is 8.56. The number of rotatable bonds is 8. The van der Waals surface area contributed by atoms with Crippen LogP contribution in [0.2, 0.25) is 0 Å². The lowest BCUT2D eigenvalue weighted by molar-refractivity contribution is 0.0677. The lowest BCUT2D eigenvalue weighted by Gasteiger charge is -2.25. The summed E-state index contributed by atoms with van der Waals surface area (Å²) in [7, 11) is 0. The fraction of sp³-hybridized carbons (Fsp3) is 0.579. The molecule has 0 radical (unpaired) electrons. The maximum Gasteiger partial charge on any atom is 0.0703 e. The third-order valence-electron chi connectivity index (χ3n) is 4.84. The van der Waals surface area contributed by atoms with Gasteiger partial charge in [-0.2, -0.15) is 5.10 Å². The third kappa shape index (κ3) is 4.66. The van der Waals surface area contributed by atoms with Crippen LogP contribution >= 0.6 is 0 Å². The summed E-state index contributed by atoms with van der Waals surface area (Å²) in [6, 6.07) is 4.10. The topological polar surface area (TPSA) is 63.4 Å². The van der Waals surface area contributed by atoms with Crippen molar-refractivity contribution < 1.29 is 9.84 Å². The van der Waals surface area contributed by atoms with Crippen molar-refractivity contribution in [2.24, 2.45) is 0 Å². The largest absolute Gasteiger partial charge is 0.394 e. The Bertz CT molecular complexity index is 666. The van der Waals surface area contributed by atoms with Gasteiger partial charge in [-0.1, -0.05) is 6.07 Å². The number of aromatic nitrogens is 3. The van der Waals surface area contributed by atoms with Gasteiger partial charge in [0, 0.05) is 49.9 Å². The van der Waals surface area contributed by atoms with Crippen LogP contribution in [0, 0.1) is 13.8 Å². The minimum Gasteiger partial charge on any atom is -0.394 e. The standard InChI is InChI=1S/C19H28N4O2/c1-15-19(16(2)23(21-15)8-9-24)14-22(13-18-6-4-10-25-18)12-17-5-3-7-20-11-17/h3,5,7,11,18,24H,4,6,8-10,12-14H2,1-2H3. The molecular weight excluding hydrogens is 316 g/mol. The van der Waals surface area contributed by atoms with Crippen molar-refractivity contribution >= 4 is 0 Å². The number of pyridine rings is 1. The summed E-state index contributed by atoms with van der Waals surface area (Å²) in [4.78, 5) is 6.66. The van der Waals surface area contributed by atoms with Crippen molar-refractivity contribution in [1.82, 2.24) is 19.7 Å². The predicted molar refractivity (Wildman–Crippen MR) is 96.1 cm³/mol. The molecule has 0 amide bonds. The fourth-order valence-electron chi connectivity index (χ4n) is 3.51. The minimum atomic E-state index is 0.108. The van der Waals surface area contributed by atoms with Crippen LogP contribution in [0.25, 0.3) is 0 Å². The molecule has 2 aromatic rings. The van der Waals surface area contributed by atoms with Crippen molar-refractivity contribution in [2.75, 3.05) is 19.8 Å². The third-order valence-corrected chi connectivity index (χ3v) is 4.84. The summed E-state index contributed by atoms with van der Waals surface area (Å²) in [5.74, 6) is 0. The normalized spacial score (nSPS) is 17.5. The van der Waals surface area contributed by atoms with E-state index in [0.717, 1.165) is 50.5 Å². The van der Waals surface area contributed by atoms with Crippen LogP contribution in [-0.2, 0) is 24.4 Å². The molecule has 0 bridgehead atoms. The first kappa shape index (κ1) is 18.0. The number of ether oxygens (including phenoxy) is 1. The molecular formula is C19H28N4O2. The highest BCUT2D eigenvalue weighted by Crippen LogP contribution is 2.20. The van der Waals surface area contributed by atoms with E-state index in [1.54, 1.807) is 6.20 Å². The molecule has 3 heterocycles. The summed E-state index contributed by atoms with van der Waals surface area (Å²) in [6.07, 6.45) is 6.33. The Balaban J connectivity index is 1.76. The van der Waals surface area contributed by atoms with Crippen LogP contribution < -0.4 is 0 Å². The van der Waals surface area contributed by atoms with Gasteiger partial charge >= 0.3 is 0 Å². The Morgan fingerprint density at radius 2 is 2.24 bits per heavy atom. The molecule has 2 aromatic heterocycles. The van der Waals surface area contributed by atoms with Gasteiger partial charge in [0.1, 0.15) is 0 Å². The second-order valence-corrected chi connectivity index (χ2v) is 6.76. The Morgan fingerprint density at radius 3 is 2.92 bits per heavy atom. The van der Waals surface area contributed by atoms with Crippen LogP contribution in [0.3, 0.4) is 0 Å². The van der Waals surface area contributed by atoms with E-state index in [9.17, 15) is 5.11 Å². The van der Waals surface area contributed by atoms with Crippen molar-refractivity contribution in [3.05, 3.63) is 47.0 Å². The Hall–Kier alpha value is -1.76. The average molecular weight is 344 g/mol. The van der Waals surface area contributed by atoms with Crippen LogP contribution in [0.15, 0.2) is 24.5 Å². The molecule has 1 atom stereocenters. The van der Waals surface area contributed by atoms with E-state index < -0.39 is 0 Å². The van der Waals surface area contributed by atoms with E-state index >= 15 is 0 Å². The zero-order valence-corrected chi connectivity index (χ0v) is 15.2. The molecule has 3 rings (SSSR count). The molecule has 1 N–H and O–H groups in total. The maximum atomic E-state index is 9.22. The van der Waals surface area contributed by atoms with E-state index in [4.69, 9.17) is 4.74 Å². The van der Waals surface area contributed by atoms with Crippen LogP contribution in [0.1, 0.15) is 35.4 Å². The van der Waals surface area contributed by atoms with Gasteiger partial charge in [0.15, 0.2) is 0 Å². The SMILES string of the molecule is Cc1nn(CCO)c(C)c1CN(Cc1cccnc1)CC1CCCO1. The number of hydrogen-bond donors (Lipinski definition) is 1. The molecule has 1 aliphatic heterocycles. The molecule has 1 aliphatic rings. The zero-order valence-electron chi connectivity index (χ0n) is 15.2. The van der Waals surface area contributed by atoms with Gasteiger partial charge in [0.05, 0.1) is 24.9 Å². The lowest BCUT2D eigenvalue weighted by Crippen LogP contribution is -2.32. The lowest BCUT2D eigenvalue weighted by atomic mass is 10.1. The van der Waals surface area contributed by atoms with Gasteiger partial charge < -0.3 is 9.84 Å². The van der Waals surface area contributed by atoms with E-state index in [2.05, 4.69) is 28.0 Å². The molecule has 1 fully saturated rings. The van der Waals surface area contributed by atoms with E-state index in [0.29, 0.717) is 12.6 Å².